The molecule has 0 aliphatic heterocycles. The standard InChI is InChI=1S/C18H29N3O3/c1-5-6-7-8-11-19-18(23)20-15-10-9-14(2)12-16(15)24-13-17(22)21(3)4/h9-10,12H,5-8,11,13H2,1-4H3,(H2,19,20,23). The Kier molecular flexibility index (Phi) is 8.68. The number of unbranched alkanes of at least 4 members (excludes halogenated alkanes) is 3. The van der Waals surface area contributed by atoms with Crippen LogP contribution in [0.2, 0.25) is 0 Å². The van der Waals surface area contributed by atoms with Crippen molar-refractivity contribution in [3.05, 3.63) is 23.8 Å². The van der Waals surface area contributed by atoms with Crippen LogP contribution in [0.1, 0.15) is 38.2 Å². The first-order chi connectivity index (χ1) is 11.4. The van der Waals surface area contributed by atoms with E-state index in [1.807, 2.05) is 13.0 Å². The van der Waals surface area contributed by atoms with Crippen LogP contribution in [0.25, 0.3) is 0 Å². The Morgan fingerprint density at radius 1 is 1.17 bits per heavy atom. The molecule has 0 aliphatic carbocycles. The summed E-state index contributed by atoms with van der Waals surface area (Å²) in [4.78, 5) is 25.1. The van der Waals surface area contributed by atoms with Crippen molar-refractivity contribution < 1.29 is 14.3 Å². The van der Waals surface area contributed by atoms with Gasteiger partial charge in [-0.3, -0.25) is 4.79 Å². The lowest BCUT2D eigenvalue weighted by Crippen LogP contribution is -2.30. The van der Waals surface area contributed by atoms with E-state index in [9.17, 15) is 9.59 Å². The van der Waals surface area contributed by atoms with Crippen LogP contribution in [0, 0.1) is 6.92 Å². The number of hydrogen-bond acceptors (Lipinski definition) is 3. The lowest BCUT2D eigenvalue weighted by atomic mass is 10.2. The molecule has 2 N–H and O–H groups in total. The second-order valence-electron chi connectivity index (χ2n) is 6.02. The molecule has 3 amide bonds. The number of hydrogen-bond donors (Lipinski definition) is 2. The Morgan fingerprint density at radius 3 is 2.58 bits per heavy atom. The maximum absolute atomic E-state index is 12.0. The quantitative estimate of drug-likeness (QED) is 0.681. The SMILES string of the molecule is CCCCCCNC(=O)Nc1ccc(C)cc1OCC(=O)N(C)C. The third kappa shape index (κ3) is 7.35. The molecule has 0 aliphatic rings. The van der Waals surface area contributed by atoms with Crippen molar-refractivity contribution >= 4 is 17.6 Å². The van der Waals surface area contributed by atoms with Crippen LogP contribution in [0.5, 0.6) is 5.75 Å². The average molecular weight is 335 g/mol. The van der Waals surface area contributed by atoms with E-state index in [1.165, 1.54) is 17.7 Å². The number of carbonyl (C=O) groups is 2. The zero-order valence-corrected chi connectivity index (χ0v) is 15.1. The number of amides is 3. The van der Waals surface area contributed by atoms with Crippen LogP contribution in [0.4, 0.5) is 10.5 Å². The van der Waals surface area contributed by atoms with Gasteiger partial charge in [-0.05, 0) is 31.0 Å². The van der Waals surface area contributed by atoms with E-state index in [1.54, 1.807) is 26.2 Å². The lowest BCUT2D eigenvalue weighted by Gasteiger charge is -2.15. The molecule has 0 bridgehead atoms. The number of ether oxygens (including phenoxy) is 1. The molecule has 0 unspecified atom stereocenters. The zero-order chi connectivity index (χ0) is 17.9. The minimum absolute atomic E-state index is 0.0657. The number of nitrogens with one attached hydrogen (secondary N) is 2. The lowest BCUT2D eigenvalue weighted by molar-refractivity contribution is -0.130. The van der Waals surface area contributed by atoms with Crippen LogP contribution in [0.3, 0.4) is 0 Å². The molecule has 24 heavy (non-hydrogen) atoms. The number of benzene rings is 1. The Balaban J connectivity index is 2.57. The van der Waals surface area contributed by atoms with Crippen LogP contribution < -0.4 is 15.4 Å². The Morgan fingerprint density at radius 2 is 1.92 bits per heavy atom. The summed E-state index contributed by atoms with van der Waals surface area (Å²) in [7, 11) is 3.35. The van der Waals surface area contributed by atoms with Gasteiger partial charge in [0, 0.05) is 20.6 Å². The Labute approximate surface area is 144 Å². The highest BCUT2D eigenvalue weighted by Crippen LogP contribution is 2.25. The molecule has 0 saturated carbocycles. The molecule has 134 valence electrons. The van der Waals surface area contributed by atoms with Gasteiger partial charge in [-0.15, -0.1) is 0 Å². The first kappa shape index (κ1) is 19.8. The smallest absolute Gasteiger partial charge is 0.319 e. The maximum Gasteiger partial charge on any atom is 0.319 e. The van der Waals surface area contributed by atoms with Gasteiger partial charge in [-0.2, -0.15) is 0 Å². The molecule has 0 radical (unpaired) electrons. The fourth-order valence-corrected chi connectivity index (χ4v) is 2.04. The summed E-state index contributed by atoms with van der Waals surface area (Å²) in [6.45, 7) is 4.66. The highest BCUT2D eigenvalue weighted by Gasteiger charge is 2.11. The molecular weight excluding hydrogens is 306 g/mol. The molecule has 0 spiro atoms. The van der Waals surface area contributed by atoms with Crippen molar-refractivity contribution in [2.75, 3.05) is 32.6 Å². The molecule has 0 saturated heterocycles. The third-order valence-corrected chi connectivity index (χ3v) is 3.55. The molecule has 0 heterocycles. The maximum atomic E-state index is 12.0. The minimum Gasteiger partial charge on any atom is -0.482 e. The van der Waals surface area contributed by atoms with Crippen molar-refractivity contribution in [3.63, 3.8) is 0 Å². The van der Waals surface area contributed by atoms with Crippen molar-refractivity contribution in [3.8, 4) is 5.75 Å². The van der Waals surface area contributed by atoms with Crippen molar-refractivity contribution in [1.29, 1.82) is 0 Å². The van der Waals surface area contributed by atoms with E-state index in [4.69, 9.17) is 4.74 Å². The van der Waals surface area contributed by atoms with Crippen LogP contribution in [-0.2, 0) is 4.79 Å². The van der Waals surface area contributed by atoms with Crippen molar-refractivity contribution in [1.82, 2.24) is 10.2 Å². The largest absolute Gasteiger partial charge is 0.482 e. The van der Waals surface area contributed by atoms with Gasteiger partial charge in [0.1, 0.15) is 5.75 Å². The summed E-state index contributed by atoms with van der Waals surface area (Å²) in [6.07, 6.45) is 4.43. The minimum atomic E-state index is -0.265. The summed E-state index contributed by atoms with van der Waals surface area (Å²) < 4.78 is 5.57. The zero-order valence-electron chi connectivity index (χ0n) is 15.1. The molecule has 1 aromatic rings. The van der Waals surface area contributed by atoms with Crippen LogP contribution in [0.15, 0.2) is 18.2 Å². The number of anilines is 1. The fraction of sp³-hybridized carbons (Fsp3) is 0.556. The molecular formula is C18H29N3O3. The third-order valence-electron chi connectivity index (χ3n) is 3.55. The molecule has 0 fully saturated rings. The highest BCUT2D eigenvalue weighted by atomic mass is 16.5. The van der Waals surface area contributed by atoms with E-state index < -0.39 is 0 Å². The van der Waals surface area contributed by atoms with Gasteiger partial charge in [0.15, 0.2) is 6.61 Å². The summed E-state index contributed by atoms with van der Waals surface area (Å²) in [5, 5.41) is 5.62. The van der Waals surface area contributed by atoms with Crippen molar-refractivity contribution in [2.24, 2.45) is 0 Å². The number of likely N-dealkylation sites (N-methyl/N-ethyl adjacent to an activating group) is 1. The average Bonchev–Trinajstić information content (AvgIpc) is 2.54. The normalized spacial score (nSPS) is 10.2. The summed E-state index contributed by atoms with van der Waals surface area (Å²) in [5.74, 6) is 0.356. The second-order valence-corrected chi connectivity index (χ2v) is 6.02. The molecule has 6 nitrogen and oxygen atoms in total. The number of nitrogens with zero attached hydrogens (tertiary/aromatic N) is 1. The molecule has 0 atom stereocenters. The molecule has 1 rings (SSSR count). The van der Waals surface area contributed by atoms with Gasteiger partial charge in [0.2, 0.25) is 0 Å². The molecule has 0 aromatic heterocycles. The van der Waals surface area contributed by atoms with E-state index in [2.05, 4.69) is 17.6 Å². The number of carbonyl (C=O) groups excluding carboxylic acids is 2. The number of rotatable bonds is 9. The predicted octanol–water partition coefficient (Wildman–Crippen LogP) is 3.16. The predicted molar refractivity (Wildman–Crippen MR) is 96.5 cm³/mol. The number of aryl methyl sites for hydroxylation is 1. The second kappa shape index (κ2) is 10.5. The Hall–Kier alpha value is -2.24. The van der Waals surface area contributed by atoms with Gasteiger partial charge in [-0.25, -0.2) is 4.79 Å². The van der Waals surface area contributed by atoms with E-state index in [0.29, 0.717) is 18.0 Å². The van der Waals surface area contributed by atoms with E-state index >= 15 is 0 Å². The molecule has 6 heteroatoms. The van der Waals surface area contributed by atoms with Gasteiger partial charge < -0.3 is 20.3 Å². The summed E-state index contributed by atoms with van der Waals surface area (Å²) in [5.41, 5.74) is 1.55. The molecule has 1 aromatic carbocycles. The van der Waals surface area contributed by atoms with Gasteiger partial charge in [0.05, 0.1) is 5.69 Å². The number of urea groups is 1. The van der Waals surface area contributed by atoms with E-state index in [0.717, 1.165) is 18.4 Å². The van der Waals surface area contributed by atoms with Gasteiger partial charge >= 0.3 is 6.03 Å². The Bertz CT molecular complexity index is 544. The monoisotopic (exact) mass is 335 g/mol. The summed E-state index contributed by atoms with van der Waals surface area (Å²) in [6, 6.07) is 5.21. The fourth-order valence-electron chi connectivity index (χ4n) is 2.04. The topological polar surface area (TPSA) is 70.7 Å². The van der Waals surface area contributed by atoms with Crippen LogP contribution in [-0.4, -0.2) is 44.1 Å². The van der Waals surface area contributed by atoms with Crippen molar-refractivity contribution in [2.45, 2.75) is 39.5 Å². The van der Waals surface area contributed by atoms with Gasteiger partial charge in [0.25, 0.3) is 5.91 Å². The van der Waals surface area contributed by atoms with Crippen LogP contribution >= 0.6 is 0 Å². The first-order valence-electron chi connectivity index (χ1n) is 8.42. The highest BCUT2D eigenvalue weighted by molar-refractivity contribution is 5.91. The van der Waals surface area contributed by atoms with E-state index in [-0.39, 0.29) is 18.5 Å². The first-order valence-corrected chi connectivity index (χ1v) is 8.42. The summed E-state index contributed by atoms with van der Waals surface area (Å²) >= 11 is 0. The van der Waals surface area contributed by atoms with Gasteiger partial charge in [-0.1, -0.05) is 32.3 Å².